The number of carbonyl (C=O) groups is 3. The van der Waals surface area contributed by atoms with Gasteiger partial charge in [0.15, 0.2) is 0 Å². The lowest BCUT2D eigenvalue weighted by atomic mass is 10.1. The van der Waals surface area contributed by atoms with Crippen molar-refractivity contribution >= 4 is 41.0 Å². The number of rotatable bonds is 7. The van der Waals surface area contributed by atoms with E-state index in [1.54, 1.807) is 42.5 Å². The zero-order valence-electron chi connectivity index (χ0n) is 16.6. The molecule has 0 bridgehead atoms. The Morgan fingerprint density at radius 2 is 1.56 bits per heavy atom. The number of carbonyl (C=O) groups excluding carboxylic acids is 2. The standard InChI is InChI=1S/C24H17Cl2NO5/c25-19-7-4-8-20(26)18(19)12-32-13-21(14-5-2-1-3-6-14)27-22(28)16-10-9-15(24(30)31)11-17(16)23(27)29/h1-11,21H,12-13H2,(H,30,31)/t21-/m1/s1. The van der Waals surface area contributed by atoms with Crippen LogP contribution < -0.4 is 0 Å². The minimum Gasteiger partial charge on any atom is -0.478 e. The number of hydrogen-bond donors (Lipinski definition) is 1. The summed E-state index contributed by atoms with van der Waals surface area (Å²) in [4.78, 5) is 38.7. The lowest BCUT2D eigenvalue weighted by molar-refractivity contribution is 0.0359. The number of hydrogen-bond acceptors (Lipinski definition) is 4. The average Bonchev–Trinajstić information content (AvgIpc) is 3.03. The highest BCUT2D eigenvalue weighted by Crippen LogP contribution is 2.33. The van der Waals surface area contributed by atoms with Crippen molar-refractivity contribution in [1.82, 2.24) is 4.90 Å². The quantitative estimate of drug-likeness (QED) is 0.477. The number of aromatic carboxylic acids is 1. The third-order valence-electron chi connectivity index (χ3n) is 5.24. The molecule has 0 saturated carbocycles. The SMILES string of the molecule is O=C(O)c1ccc2c(c1)C(=O)N([C@H](COCc1c(Cl)cccc1Cl)c1ccccc1)C2=O. The highest BCUT2D eigenvalue weighted by atomic mass is 35.5. The number of imide groups is 1. The highest BCUT2D eigenvalue weighted by molar-refractivity contribution is 6.35. The predicted octanol–water partition coefficient (Wildman–Crippen LogP) is 5.25. The summed E-state index contributed by atoms with van der Waals surface area (Å²) in [5.74, 6) is -2.25. The molecule has 1 aliphatic heterocycles. The van der Waals surface area contributed by atoms with Gasteiger partial charge in [0.25, 0.3) is 11.8 Å². The number of carboxylic acid groups (broad SMARTS) is 1. The summed E-state index contributed by atoms with van der Waals surface area (Å²) in [6.45, 7) is 0.0942. The van der Waals surface area contributed by atoms with E-state index < -0.39 is 23.8 Å². The van der Waals surface area contributed by atoms with E-state index in [1.165, 1.54) is 18.2 Å². The van der Waals surface area contributed by atoms with E-state index in [0.717, 1.165) is 4.90 Å². The summed E-state index contributed by atoms with van der Waals surface area (Å²) in [5.41, 5.74) is 1.47. The van der Waals surface area contributed by atoms with Gasteiger partial charge in [-0.2, -0.15) is 0 Å². The van der Waals surface area contributed by atoms with Crippen LogP contribution in [0.15, 0.2) is 66.7 Å². The van der Waals surface area contributed by atoms with Crippen molar-refractivity contribution in [3.05, 3.63) is 105 Å². The Labute approximate surface area is 193 Å². The van der Waals surface area contributed by atoms with Crippen LogP contribution in [0.3, 0.4) is 0 Å². The normalized spacial score (nSPS) is 13.9. The first-order valence-corrected chi connectivity index (χ1v) is 10.4. The van der Waals surface area contributed by atoms with Gasteiger partial charge in [0.2, 0.25) is 0 Å². The number of fused-ring (bicyclic) bond motifs is 1. The summed E-state index contributed by atoms with van der Waals surface area (Å²) >= 11 is 12.4. The Bertz CT molecular complexity index is 1190. The topological polar surface area (TPSA) is 83.9 Å². The van der Waals surface area contributed by atoms with Gasteiger partial charge in [0.05, 0.1) is 35.9 Å². The number of benzene rings is 3. The molecule has 4 rings (SSSR count). The fourth-order valence-electron chi connectivity index (χ4n) is 3.61. The Kier molecular flexibility index (Phi) is 6.28. The van der Waals surface area contributed by atoms with Crippen LogP contribution in [0.2, 0.25) is 10.0 Å². The minimum absolute atomic E-state index is 0.00280. The molecule has 162 valence electrons. The molecular weight excluding hydrogens is 453 g/mol. The molecule has 0 aliphatic carbocycles. The Balaban J connectivity index is 1.63. The van der Waals surface area contributed by atoms with E-state index in [2.05, 4.69) is 0 Å². The van der Waals surface area contributed by atoms with Crippen LogP contribution in [0.4, 0.5) is 0 Å². The fraction of sp³-hybridized carbons (Fsp3) is 0.125. The van der Waals surface area contributed by atoms with Gasteiger partial charge in [-0.15, -0.1) is 0 Å². The van der Waals surface area contributed by atoms with Crippen molar-refractivity contribution in [2.24, 2.45) is 0 Å². The predicted molar refractivity (Wildman–Crippen MR) is 119 cm³/mol. The largest absolute Gasteiger partial charge is 0.478 e. The van der Waals surface area contributed by atoms with Gasteiger partial charge in [0.1, 0.15) is 0 Å². The van der Waals surface area contributed by atoms with Crippen molar-refractivity contribution in [1.29, 1.82) is 0 Å². The van der Waals surface area contributed by atoms with E-state index in [0.29, 0.717) is 21.2 Å². The van der Waals surface area contributed by atoms with Gasteiger partial charge < -0.3 is 9.84 Å². The molecule has 0 unspecified atom stereocenters. The molecule has 8 heteroatoms. The second-order valence-corrected chi connectivity index (χ2v) is 8.00. The van der Waals surface area contributed by atoms with Gasteiger partial charge in [-0.1, -0.05) is 59.6 Å². The second-order valence-electron chi connectivity index (χ2n) is 7.19. The number of amides is 2. The molecule has 2 amide bonds. The van der Waals surface area contributed by atoms with Crippen LogP contribution in [0.5, 0.6) is 0 Å². The molecule has 3 aromatic rings. The maximum atomic E-state index is 13.2. The van der Waals surface area contributed by atoms with Crippen LogP contribution in [-0.4, -0.2) is 34.4 Å². The van der Waals surface area contributed by atoms with Crippen LogP contribution in [0.1, 0.15) is 48.2 Å². The molecule has 1 heterocycles. The zero-order valence-corrected chi connectivity index (χ0v) is 18.1. The molecule has 0 radical (unpaired) electrons. The molecule has 1 atom stereocenters. The van der Waals surface area contributed by atoms with Crippen LogP contribution in [0, 0.1) is 0 Å². The molecule has 3 aromatic carbocycles. The van der Waals surface area contributed by atoms with Crippen molar-refractivity contribution in [3.63, 3.8) is 0 Å². The van der Waals surface area contributed by atoms with Crippen molar-refractivity contribution in [3.8, 4) is 0 Å². The van der Waals surface area contributed by atoms with E-state index in [4.69, 9.17) is 27.9 Å². The Morgan fingerprint density at radius 1 is 0.906 bits per heavy atom. The Morgan fingerprint density at radius 3 is 2.22 bits per heavy atom. The molecule has 0 spiro atoms. The molecule has 1 aliphatic rings. The van der Waals surface area contributed by atoms with Crippen LogP contribution in [0.25, 0.3) is 0 Å². The molecular formula is C24H17Cl2NO5. The number of carboxylic acids is 1. The third-order valence-corrected chi connectivity index (χ3v) is 5.95. The minimum atomic E-state index is -1.17. The van der Waals surface area contributed by atoms with Gasteiger partial charge in [0, 0.05) is 15.6 Å². The lowest BCUT2D eigenvalue weighted by Gasteiger charge is -2.26. The maximum Gasteiger partial charge on any atom is 0.335 e. The monoisotopic (exact) mass is 469 g/mol. The van der Waals surface area contributed by atoms with E-state index in [9.17, 15) is 19.5 Å². The molecule has 0 fully saturated rings. The summed E-state index contributed by atoms with van der Waals surface area (Å²) in [6, 6.07) is 17.3. The smallest absolute Gasteiger partial charge is 0.335 e. The van der Waals surface area contributed by atoms with E-state index >= 15 is 0 Å². The summed E-state index contributed by atoms with van der Waals surface area (Å²) in [5, 5.41) is 10.1. The van der Waals surface area contributed by atoms with Gasteiger partial charge >= 0.3 is 5.97 Å². The molecule has 0 saturated heterocycles. The van der Waals surface area contributed by atoms with Crippen molar-refractivity contribution in [2.75, 3.05) is 6.61 Å². The number of ether oxygens (including phenoxy) is 1. The first-order valence-electron chi connectivity index (χ1n) is 9.69. The van der Waals surface area contributed by atoms with Gasteiger partial charge in [-0.05, 0) is 35.9 Å². The van der Waals surface area contributed by atoms with Gasteiger partial charge in [-0.3, -0.25) is 14.5 Å². The molecule has 6 nitrogen and oxygen atoms in total. The number of halogens is 2. The zero-order chi connectivity index (χ0) is 22.8. The van der Waals surface area contributed by atoms with E-state index in [-0.39, 0.29) is 29.9 Å². The first kappa shape index (κ1) is 22.0. The lowest BCUT2D eigenvalue weighted by Crippen LogP contribution is -2.36. The fourth-order valence-corrected chi connectivity index (χ4v) is 4.12. The Hall–Kier alpha value is -3.19. The third kappa shape index (κ3) is 4.12. The maximum absolute atomic E-state index is 13.2. The first-order chi connectivity index (χ1) is 15.4. The summed E-state index contributed by atoms with van der Waals surface area (Å²) < 4.78 is 5.86. The van der Waals surface area contributed by atoms with Crippen LogP contribution >= 0.6 is 23.2 Å². The van der Waals surface area contributed by atoms with Crippen LogP contribution in [-0.2, 0) is 11.3 Å². The van der Waals surface area contributed by atoms with Crippen molar-refractivity contribution < 1.29 is 24.2 Å². The van der Waals surface area contributed by atoms with Crippen molar-refractivity contribution in [2.45, 2.75) is 12.6 Å². The van der Waals surface area contributed by atoms with E-state index in [1.807, 2.05) is 6.07 Å². The highest BCUT2D eigenvalue weighted by Gasteiger charge is 2.41. The molecule has 32 heavy (non-hydrogen) atoms. The summed E-state index contributed by atoms with van der Waals surface area (Å²) in [7, 11) is 0. The van der Waals surface area contributed by atoms with Gasteiger partial charge in [-0.25, -0.2) is 4.79 Å². The summed E-state index contributed by atoms with van der Waals surface area (Å²) in [6.07, 6.45) is 0. The average molecular weight is 470 g/mol. The molecule has 0 aromatic heterocycles. The second kappa shape index (κ2) is 9.12. The molecule has 1 N–H and O–H groups in total. The number of nitrogens with zero attached hydrogens (tertiary/aromatic N) is 1.